The topological polar surface area (TPSA) is 154 Å². The number of aliphatic imine (C=N–C) groups is 2. The van der Waals surface area contributed by atoms with Crippen molar-refractivity contribution in [3.05, 3.63) is 71.2 Å². The molecule has 4 rings (SSSR count). The molecule has 4 N–H and O–H groups in total. The highest BCUT2D eigenvalue weighted by molar-refractivity contribution is 6.06. The van der Waals surface area contributed by atoms with Gasteiger partial charge in [-0.05, 0) is 62.2 Å². The van der Waals surface area contributed by atoms with Crippen LogP contribution in [0.25, 0.3) is 0 Å². The molecular weight excluding hydrogens is 541 g/mol. The Balaban J connectivity index is 1.38. The van der Waals surface area contributed by atoms with E-state index in [1.165, 1.54) is 12.1 Å². The minimum atomic E-state index is -1.22. The molecule has 11 nitrogen and oxygen atoms in total. The number of aliphatic carboxylic acids is 2. The first kappa shape index (κ1) is 30.2. The Hall–Kier alpha value is -4.76. The lowest BCUT2D eigenvalue weighted by Crippen LogP contribution is -2.46. The Kier molecular flexibility index (Phi) is 9.88. The first-order valence-electron chi connectivity index (χ1n) is 13.7. The van der Waals surface area contributed by atoms with Crippen LogP contribution in [0.3, 0.4) is 0 Å². The number of halogens is 1. The molecule has 2 heterocycles. The Morgan fingerprint density at radius 1 is 1.12 bits per heavy atom. The molecule has 0 saturated carbocycles. The number of carboxylic acids is 2. The number of guanidine groups is 1. The SMILES string of the molecule is CC1=NC(C)=C(C(=O)O)C(c2cccc(NC(=NCCCN3CCN(c4ccc(F)cc4)CC3)NC#N)c2)C1C(=O)O. The minimum Gasteiger partial charge on any atom is -0.481 e. The molecule has 0 aliphatic carbocycles. The van der Waals surface area contributed by atoms with Gasteiger partial charge in [-0.15, -0.1) is 0 Å². The number of benzene rings is 2. The molecule has 2 aromatic carbocycles. The van der Waals surface area contributed by atoms with Crippen molar-refractivity contribution < 1.29 is 24.2 Å². The fourth-order valence-corrected chi connectivity index (χ4v) is 5.47. The van der Waals surface area contributed by atoms with Gasteiger partial charge in [-0.3, -0.25) is 25.0 Å². The Bertz CT molecular complexity index is 1440. The van der Waals surface area contributed by atoms with Crippen LogP contribution in [0.4, 0.5) is 15.8 Å². The normalized spacial score (nSPS) is 19.6. The Morgan fingerprint density at radius 2 is 1.83 bits per heavy atom. The third-order valence-corrected chi connectivity index (χ3v) is 7.47. The van der Waals surface area contributed by atoms with E-state index >= 15 is 0 Å². The monoisotopic (exact) mass is 575 g/mol. The van der Waals surface area contributed by atoms with Gasteiger partial charge in [0.2, 0.25) is 5.96 Å². The summed E-state index contributed by atoms with van der Waals surface area (Å²) in [7, 11) is 0. The number of nitriles is 1. The maximum atomic E-state index is 13.2. The van der Waals surface area contributed by atoms with E-state index in [-0.39, 0.29) is 23.0 Å². The molecule has 0 radical (unpaired) electrons. The van der Waals surface area contributed by atoms with Crippen LogP contribution in [0.15, 0.2) is 69.8 Å². The molecule has 12 heteroatoms. The van der Waals surface area contributed by atoms with Gasteiger partial charge in [-0.25, -0.2) is 9.18 Å². The van der Waals surface area contributed by atoms with Crippen molar-refractivity contribution >= 4 is 35.0 Å². The highest BCUT2D eigenvalue weighted by atomic mass is 19.1. The number of rotatable bonds is 9. The Labute approximate surface area is 243 Å². The largest absolute Gasteiger partial charge is 0.481 e. The van der Waals surface area contributed by atoms with Gasteiger partial charge in [-0.2, -0.15) is 5.26 Å². The number of anilines is 2. The van der Waals surface area contributed by atoms with Crippen molar-refractivity contribution in [3.8, 4) is 6.19 Å². The smallest absolute Gasteiger partial charge is 0.334 e. The maximum absolute atomic E-state index is 13.2. The third kappa shape index (κ3) is 7.30. The van der Waals surface area contributed by atoms with Crippen LogP contribution in [0, 0.1) is 23.2 Å². The van der Waals surface area contributed by atoms with E-state index in [0.29, 0.717) is 23.5 Å². The summed E-state index contributed by atoms with van der Waals surface area (Å²) in [6, 6.07) is 13.3. The average Bonchev–Trinajstić information content (AvgIpc) is 2.95. The van der Waals surface area contributed by atoms with E-state index in [1.807, 2.05) is 6.19 Å². The van der Waals surface area contributed by atoms with E-state index in [0.717, 1.165) is 44.8 Å². The molecule has 1 fully saturated rings. The summed E-state index contributed by atoms with van der Waals surface area (Å²) in [4.78, 5) is 37.5. The van der Waals surface area contributed by atoms with Gasteiger partial charge in [0.1, 0.15) is 11.7 Å². The number of nitrogens with one attached hydrogen (secondary N) is 2. The van der Waals surface area contributed by atoms with Crippen LogP contribution in [0.2, 0.25) is 0 Å². The molecule has 2 atom stereocenters. The zero-order valence-electron chi connectivity index (χ0n) is 23.5. The second-order valence-corrected chi connectivity index (χ2v) is 10.2. The maximum Gasteiger partial charge on any atom is 0.334 e. The molecule has 42 heavy (non-hydrogen) atoms. The molecule has 220 valence electrons. The number of carbonyl (C=O) groups is 2. The van der Waals surface area contributed by atoms with Gasteiger partial charge >= 0.3 is 11.9 Å². The van der Waals surface area contributed by atoms with Crippen LogP contribution in [-0.2, 0) is 9.59 Å². The zero-order valence-corrected chi connectivity index (χ0v) is 23.5. The summed E-state index contributed by atoms with van der Waals surface area (Å²) in [6.45, 7) is 7.89. The lowest BCUT2D eigenvalue weighted by Gasteiger charge is -2.36. The number of hydrogen-bond donors (Lipinski definition) is 4. The van der Waals surface area contributed by atoms with Gasteiger partial charge < -0.3 is 20.4 Å². The first-order valence-corrected chi connectivity index (χ1v) is 13.7. The van der Waals surface area contributed by atoms with Crippen molar-refractivity contribution in [1.29, 1.82) is 5.26 Å². The fourth-order valence-electron chi connectivity index (χ4n) is 5.47. The van der Waals surface area contributed by atoms with Crippen molar-refractivity contribution in [3.63, 3.8) is 0 Å². The number of nitrogens with zero attached hydrogens (tertiary/aromatic N) is 5. The minimum absolute atomic E-state index is 0.0623. The summed E-state index contributed by atoms with van der Waals surface area (Å²) in [5.74, 6) is -4.45. The van der Waals surface area contributed by atoms with Crippen LogP contribution in [0.1, 0.15) is 31.7 Å². The van der Waals surface area contributed by atoms with E-state index in [1.54, 1.807) is 50.2 Å². The lowest BCUT2D eigenvalue weighted by atomic mass is 9.75. The van der Waals surface area contributed by atoms with Gasteiger partial charge in [0.25, 0.3) is 0 Å². The fraction of sp³-hybridized carbons (Fsp3) is 0.367. The van der Waals surface area contributed by atoms with E-state index in [4.69, 9.17) is 0 Å². The van der Waals surface area contributed by atoms with Crippen LogP contribution < -0.4 is 15.5 Å². The second-order valence-electron chi connectivity index (χ2n) is 10.2. The Morgan fingerprint density at radius 3 is 2.48 bits per heavy atom. The predicted molar refractivity (Wildman–Crippen MR) is 158 cm³/mol. The van der Waals surface area contributed by atoms with Gasteiger partial charge in [0.15, 0.2) is 6.19 Å². The van der Waals surface area contributed by atoms with E-state index in [9.17, 15) is 29.5 Å². The summed E-state index contributed by atoms with van der Waals surface area (Å²) in [5.41, 5.74) is 2.57. The molecule has 2 unspecified atom stereocenters. The lowest BCUT2D eigenvalue weighted by molar-refractivity contribution is -0.140. The quantitative estimate of drug-likeness (QED) is 0.116. The molecule has 0 bridgehead atoms. The van der Waals surface area contributed by atoms with Crippen molar-refractivity contribution in [2.75, 3.05) is 49.5 Å². The second kappa shape index (κ2) is 13.7. The summed E-state index contributed by atoms with van der Waals surface area (Å²) < 4.78 is 13.2. The van der Waals surface area contributed by atoms with Gasteiger partial charge in [0, 0.05) is 68.0 Å². The summed E-state index contributed by atoms with van der Waals surface area (Å²) >= 11 is 0. The van der Waals surface area contributed by atoms with Gasteiger partial charge in [-0.1, -0.05) is 12.1 Å². The van der Waals surface area contributed by atoms with Gasteiger partial charge in [0.05, 0.1) is 5.57 Å². The summed E-state index contributed by atoms with van der Waals surface area (Å²) in [6.07, 6.45) is 2.64. The average molecular weight is 576 g/mol. The highest BCUT2D eigenvalue weighted by Gasteiger charge is 2.41. The number of hydrogen-bond acceptors (Lipinski definition) is 7. The third-order valence-electron chi connectivity index (χ3n) is 7.47. The molecular formula is C30H34FN7O4. The molecule has 0 aromatic heterocycles. The van der Waals surface area contributed by atoms with Crippen LogP contribution in [0.5, 0.6) is 0 Å². The number of allylic oxidation sites excluding steroid dienone is 1. The highest BCUT2D eigenvalue weighted by Crippen LogP contribution is 2.39. The van der Waals surface area contributed by atoms with Crippen molar-refractivity contribution in [2.24, 2.45) is 15.9 Å². The molecule has 0 amide bonds. The van der Waals surface area contributed by atoms with E-state index in [2.05, 4.69) is 30.4 Å². The van der Waals surface area contributed by atoms with E-state index < -0.39 is 23.8 Å². The van der Waals surface area contributed by atoms with Crippen molar-refractivity contribution in [1.82, 2.24) is 10.2 Å². The predicted octanol–water partition coefficient (Wildman–Crippen LogP) is 3.49. The molecule has 1 saturated heterocycles. The number of piperazine rings is 1. The first-order chi connectivity index (χ1) is 20.2. The molecule has 2 aliphatic rings. The summed E-state index contributed by atoms with van der Waals surface area (Å²) in [5, 5.41) is 34.6. The molecule has 2 aliphatic heterocycles. The molecule has 2 aromatic rings. The van der Waals surface area contributed by atoms with Crippen LogP contribution in [-0.4, -0.2) is 78.0 Å². The molecule has 0 spiro atoms. The standard InChI is InChI=1S/C30H34FN7O4/c1-19-25(28(39)40)27(26(29(41)42)20(2)35-19)21-5-3-6-23(17-21)36-30(34-18-32)33-11-4-12-37-13-15-38(16-14-37)24-9-7-22(31)8-10-24/h3,5-10,17,25,27H,4,11-16H2,1-2H3,(H,39,40)(H,41,42)(H2,33,34,36). The van der Waals surface area contributed by atoms with Crippen molar-refractivity contribution in [2.45, 2.75) is 26.2 Å². The number of carboxylic acid groups (broad SMARTS) is 2. The van der Waals surface area contributed by atoms with Crippen LogP contribution >= 0.6 is 0 Å². The zero-order chi connectivity index (χ0) is 30.2.